The van der Waals surface area contributed by atoms with Crippen molar-refractivity contribution in [2.24, 2.45) is 5.41 Å². The molecule has 18 heavy (non-hydrogen) atoms. The van der Waals surface area contributed by atoms with Crippen LogP contribution in [0.15, 0.2) is 18.2 Å². The summed E-state index contributed by atoms with van der Waals surface area (Å²) in [5.41, 5.74) is 10.2. The Bertz CT molecular complexity index is 423. The first kappa shape index (κ1) is 11.9. The van der Waals surface area contributed by atoms with Gasteiger partial charge in [0.25, 0.3) is 0 Å². The molecule has 0 radical (unpaired) electrons. The Kier molecular flexibility index (Phi) is 2.96. The van der Waals surface area contributed by atoms with Crippen LogP contribution in [-0.4, -0.2) is 13.1 Å². The van der Waals surface area contributed by atoms with Gasteiger partial charge in [0.1, 0.15) is 0 Å². The van der Waals surface area contributed by atoms with Gasteiger partial charge in [0, 0.05) is 29.9 Å². The second-order valence-corrected chi connectivity index (χ2v) is 6.26. The van der Waals surface area contributed by atoms with Crippen LogP contribution in [0, 0.1) is 12.3 Å². The predicted molar refractivity (Wildman–Crippen MR) is 77.9 cm³/mol. The van der Waals surface area contributed by atoms with Gasteiger partial charge in [0.2, 0.25) is 0 Å². The van der Waals surface area contributed by atoms with E-state index in [9.17, 15) is 0 Å². The van der Waals surface area contributed by atoms with Gasteiger partial charge in [-0.2, -0.15) is 0 Å². The molecule has 98 valence electrons. The van der Waals surface area contributed by atoms with Crippen LogP contribution in [0.3, 0.4) is 0 Å². The summed E-state index contributed by atoms with van der Waals surface area (Å²) in [4.78, 5) is 2.52. The van der Waals surface area contributed by atoms with Crippen molar-refractivity contribution in [1.82, 2.24) is 0 Å². The quantitative estimate of drug-likeness (QED) is 0.763. The van der Waals surface area contributed by atoms with E-state index in [4.69, 9.17) is 5.73 Å². The summed E-state index contributed by atoms with van der Waals surface area (Å²) in [7, 11) is 0. The van der Waals surface area contributed by atoms with Crippen LogP contribution in [0.5, 0.6) is 0 Å². The van der Waals surface area contributed by atoms with Crippen molar-refractivity contribution in [3.8, 4) is 0 Å². The van der Waals surface area contributed by atoms with Crippen LogP contribution in [0.25, 0.3) is 0 Å². The average Bonchev–Trinajstić information content (AvgIpc) is 2.57. The third-order valence-electron chi connectivity index (χ3n) is 4.90. The largest absolute Gasteiger partial charge is 0.398 e. The van der Waals surface area contributed by atoms with Crippen LogP contribution >= 0.6 is 0 Å². The Morgan fingerprint density at radius 1 is 1.06 bits per heavy atom. The number of nitrogens with two attached hydrogens (primary N) is 1. The molecule has 3 rings (SSSR count). The summed E-state index contributed by atoms with van der Waals surface area (Å²) in [6, 6.07) is 6.30. The van der Waals surface area contributed by atoms with Gasteiger partial charge >= 0.3 is 0 Å². The maximum absolute atomic E-state index is 6.01. The van der Waals surface area contributed by atoms with E-state index in [2.05, 4.69) is 24.0 Å². The van der Waals surface area contributed by atoms with E-state index < -0.39 is 0 Å². The maximum atomic E-state index is 6.01. The Labute approximate surface area is 110 Å². The molecule has 0 unspecified atom stereocenters. The number of nitrogen functional groups attached to an aromatic ring is 1. The molecule has 1 aliphatic heterocycles. The van der Waals surface area contributed by atoms with Crippen molar-refractivity contribution >= 4 is 11.4 Å². The SMILES string of the molecule is Cc1c(N)cccc1N1CC2(CCCCCC2)C1. The van der Waals surface area contributed by atoms with Gasteiger partial charge in [-0.05, 0) is 37.5 Å². The van der Waals surface area contributed by atoms with Gasteiger partial charge in [0.05, 0.1) is 0 Å². The number of anilines is 2. The highest BCUT2D eigenvalue weighted by Crippen LogP contribution is 2.45. The monoisotopic (exact) mass is 244 g/mol. The van der Waals surface area contributed by atoms with E-state index >= 15 is 0 Å². The minimum Gasteiger partial charge on any atom is -0.398 e. The third kappa shape index (κ3) is 1.98. The van der Waals surface area contributed by atoms with E-state index in [-0.39, 0.29) is 0 Å². The normalized spacial score (nSPS) is 22.6. The molecule has 1 saturated heterocycles. The van der Waals surface area contributed by atoms with Gasteiger partial charge in [-0.1, -0.05) is 31.7 Å². The molecular weight excluding hydrogens is 220 g/mol. The Balaban J connectivity index is 1.72. The van der Waals surface area contributed by atoms with Gasteiger partial charge in [0.15, 0.2) is 0 Å². The minimum absolute atomic E-state index is 0.632. The first-order valence-electron chi connectivity index (χ1n) is 7.30. The van der Waals surface area contributed by atoms with Crippen molar-refractivity contribution in [2.75, 3.05) is 23.7 Å². The van der Waals surface area contributed by atoms with Crippen molar-refractivity contribution in [1.29, 1.82) is 0 Å². The van der Waals surface area contributed by atoms with Gasteiger partial charge < -0.3 is 10.6 Å². The summed E-state index contributed by atoms with van der Waals surface area (Å²) in [6.45, 7) is 4.64. The lowest BCUT2D eigenvalue weighted by Gasteiger charge is -2.52. The number of hydrogen-bond acceptors (Lipinski definition) is 2. The van der Waals surface area contributed by atoms with E-state index in [0.717, 1.165) is 5.69 Å². The molecule has 0 aromatic heterocycles. The Morgan fingerprint density at radius 3 is 2.39 bits per heavy atom. The zero-order chi connectivity index (χ0) is 12.6. The molecule has 1 aliphatic carbocycles. The summed E-state index contributed by atoms with van der Waals surface area (Å²) in [5.74, 6) is 0. The van der Waals surface area contributed by atoms with E-state index in [1.807, 2.05) is 6.07 Å². The summed E-state index contributed by atoms with van der Waals surface area (Å²) in [6.07, 6.45) is 8.63. The highest BCUT2D eigenvalue weighted by atomic mass is 15.2. The van der Waals surface area contributed by atoms with Gasteiger partial charge in [-0.15, -0.1) is 0 Å². The molecule has 1 aromatic carbocycles. The van der Waals surface area contributed by atoms with Gasteiger partial charge in [-0.3, -0.25) is 0 Å². The molecule has 0 amide bonds. The molecule has 1 aromatic rings. The summed E-state index contributed by atoms with van der Waals surface area (Å²) >= 11 is 0. The topological polar surface area (TPSA) is 29.3 Å². The lowest BCUT2D eigenvalue weighted by atomic mass is 9.73. The second kappa shape index (κ2) is 4.49. The zero-order valence-corrected chi connectivity index (χ0v) is 11.4. The smallest absolute Gasteiger partial charge is 0.0417 e. The van der Waals surface area contributed by atoms with Crippen LogP contribution in [0.1, 0.15) is 44.1 Å². The van der Waals surface area contributed by atoms with E-state index in [1.54, 1.807) is 0 Å². The molecule has 1 spiro atoms. The van der Waals surface area contributed by atoms with E-state index in [0.29, 0.717) is 5.41 Å². The lowest BCUT2D eigenvalue weighted by molar-refractivity contribution is 0.180. The standard InChI is InChI=1S/C16H24N2/c1-13-14(17)7-6-8-15(13)18-11-16(12-18)9-4-2-3-5-10-16/h6-8H,2-5,9-12,17H2,1H3. The molecule has 1 saturated carbocycles. The molecule has 2 fully saturated rings. The fraction of sp³-hybridized carbons (Fsp3) is 0.625. The molecule has 2 N–H and O–H groups in total. The highest BCUT2D eigenvalue weighted by Gasteiger charge is 2.42. The molecule has 0 bridgehead atoms. The molecule has 0 atom stereocenters. The minimum atomic E-state index is 0.632. The van der Waals surface area contributed by atoms with Crippen molar-refractivity contribution in [3.63, 3.8) is 0 Å². The molecule has 2 aliphatic rings. The van der Waals surface area contributed by atoms with Crippen LogP contribution in [0.2, 0.25) is 0 Å². The Morgan fingerprint density at radius 2 is 1.72 bits per heavy atom. The first-order chi connectivity index (χ1) is 8.70. The fourth-order valence-electron chi connectivity index (χ4n) is 3.71. The third-order valence-corrected chi connectivity index (χ3v) is 4.90. The van der Waals surface area contributed by atoms with Gasteiger partial charge in [-0.25, -0.2) is 0 Å². The summed E-state index contributed by atoms with van der Waals surface area (Å²) in [5, 5.41) is 0. The number of benzene rings is 1. The number of hydrogen-bond donors (Lipinski definition) is 1. The molecular formula is C16H24N2. The van der Waals surface area contributed by atoms with E-state index in [1.165, 1.54) is 62.9 Å². The number of nitrogens with zero attached hydrogens (tertiary/aromatic N) is 1. The average molecular weight is 244 g/mol. The van der Waals surface area contributed by atoms with Crippen molar-refractivity contribution in [3.05, 3.63) is 23.8 Å². The van der Waals surface area contributed by atoms with Crippen molar-refractivity contribution < 1.29 is 0 Å². The fourth-order valence-corrected chi connectivity index (χ4v) is 3.71. The highest BCUT2D eigenvalue weighted by molar-refractivity contribution is 5.65. The zero-order valence-electron chi connectivity index (χ0n) is 11.4. The lowest BCUT2D eigenvalue weighted by Crippen LogP contribution is -2.56. The maximum Gasteiger partial charge on any atom is 0.0417 e. The van der Waals surface area contributed by atoms with Crippen LogP contribution < -0.4 is 10.6 Å². The van der Waals surface area contributed by atoms with Crippen LogP contribution in [0.4, 0.5) is 11.4 Å². The predicted octanol–water partition coefficient (Wildman–Crippen LogP) is 3.74. The molecule has 1 heterocycles. The Hall–Kier alpha value is -1.18. The van der Waals surface area contributed by atoms with Crippen LogP contribution in [-0.2, 0) is 0 Å². The second-order valence-electron chi connectivity index (χ2n) is 6.26. The summed E-state index contributed by atoms with van der Waals surface area (Å²) < 4.78 is 0. The van der Waals surface area contributed by atoms with Crippen molar-refractivity contribution in [2.45, 2.75) is 45.4 Å². The number of rotatable bonds is 1. The molecule has 2 nitrogen and oxygen atoms in total. The first-order valence-corrected chi connectivity index (χ1v) is 7.30. The molecule has 2 heteroatoms.